The number of phosphoric acid groups is 2. The second-order valence-corrected chi connectivity index (χ2v) is 39.6. The molecule has 10 N–H and O–H groups in total. The van der Waals surface area contributed by atoms with Crippen LogP contribution in [0.15, 0.2) is 45.8 Å². The minimum absolute atomic E-state index is 0.0189. The van der Waals surface area contributed by atoms with Crippen LogP contribution in [0.4, 0.5) is 23.8 Å². The Morgan fingerprint density at radius 2 is 0.780 bits per heavy atom. The van der Waals surface area contributed by atoms with Gasteiger partial charge in [-0.1, -0.05) is 20.5 Å². The number of nitrogens with zero attached hydrogens (tertiary/aromatic N) is 30. The molecule has 0 saturated carbocycles. The molecule has 8 aromatic heterocycles. The Morgan fingerprint density at radius 1 is 0.477 bits per heavy atom. The molecular formula is C72H114N34O22P4. The highest BCUT2D eigenvalue weighted by atomic mass is 31.2. The molecule has 724 valence electrons. The maximum Gasteiger partial charge on any atom is 0.475 e. The third-order valence-electron chi connectivity index (χ3n) is 21.2. The Balaban J connectivity index is 0.000000161. The number of aliphatic hydroxyl groups is 2. The summed E-state index contributed by atoms with van der Waals surface area (Å²) in [6, 6.07) is 1.96. The molecule has 7 saturated heterocycles. The molecule has 7 fully saturated rings. The number of nitrogens with two attached hydrogens (primary N) is 4. The van der Waals surface area contributed by atoms with E-state index in [4.69, 9.17) is 112 Å². The number of imidazole rings is 4. The molecule has 0 bridgehead atoms. The van der Waals surface area contributed by atoms with Gasteiger partial charge in [0.25, 0.3) is 0 Å². The van der Waals surface area contributed by atoms with Crippen LogP contribution < -0.4 is 41.9 Å². The minimum atomic E-state index is -3.87. The van der Waals surface area contributed by atoms with Gasteiger partial charge in [-0.15, -0.1) is 0 Å². The predicted octanol–water partition coefficient (Wildman–Crippen LogP) is 11.7. The van der Waals surface area contributed by atoms with Crippen LogP contribution in [0.25, 0.3) is 86.4 Å². The largest absolute Gasteiger partial charge is 0.479 e. The standard InChI is InChI=1S/2C15H21N8O6P.C15H21N8O5P.C15H35N2OP.C12H16N8O4/c2*1-7(2)28-30(24)26-5-8-10(29-30)15(3,21-22-17)13(27-8)23-6-18-9-11(23)19-14(16)20-12(9)25-4;1-7(2)27-29-25-5-8-10(28-29)15(3,21-22-17)13(26-8)23-6-18-9-11(23)19-14(16)20-12(9)24-4;1-11(2)16(12(3)4)19(18-15(9)10)17(13(5)6)14(7)8;1-12(18-19-14)7(22)5(3-21)24-10(12)20-4-15-6-8(20)16-11(13)17-9(6)23-2/h2*6-8,10,13H,5H2,1-4H3,(H2,16,19,20);6-8,10,13H,5H2,1-4H3,(H2,16,19,20);11-15H,1-10H3;4-5,7,10,21-22H,3H2,1-2H3,(H2,13,16,17)/t2*8-,10-,13-,15-,30?;8-,10-,13-,15-,29?;;5-,7-,10-,12-/m111.1/s1. The number of azide groups is 4. The quantitative estimate of drug-likeness (QED) is 0.0120. The molecule has 15 rings (SSSR count). The average molecular weight is 1930 g/mol. The summed E-state index contributed by atoms with van der Waals surface area (Å²) in [5.74, 6) is 0.708. The van der Waals surface area contributed by atoms with E-state index in [1.54, 1.807) is 62.2 Å². The molecule has 7 aliphatic heterocycles. The summed E-state index contributed by atoms with van der Waals surface area (Å²) in [4.78, 5) is 61.6. The highest BCUT2D eigenvalue weighted by molar-refractivity contribution is 7.49. The van der Waals surface area contributed by atoms with Crippen molar-refractivity contribution in [1.82, 2.24) is 87.4 Å². The van der Waals surface area contributed by atoms with Crippen molar-refractivity contribution in [2.75, 3.05) is 77.8 Å². The van der Waals surface area contributed by atoms with Gasteiger partial charge in [0.2, 0.25) is 47.3 Å². The second-order valence-electron chi connectivity index (χ2n) is 33.6. The topological polar surface area (TPSA) is 721 Å². The molecular weight excluding hydrogens is 1820 g/mol. The molecule has 8 aromatic rings. The number of ether oxygens (including phenoxy) is 8. The summed E-state index contributed by atoms with van der Waals surface area (Å²) in [6.45, 7) is 39.1. The normalized spacial score (nSPS) is 29.5. The summed E-state index contributed by atoms with van der Waals surface area (Å²) in [6.07, 6.45) is -4.75. The van der Waals surface area contributed by atoms with Crippen molar-refractivity contribution in [2.45, 2.75) is 283 Å². The number of aliphatic hydroxyl groups excluding tert-OH is 2. The number of methoxy groups -OCH3 is 4. The molecule has 0 amide bonds. The monoisotopic (exact) mass is 1930 g/mol. The van der Waals surface area contributed by atoms with Crippen LogP contribution in [0.5, 0.6) is 23.5 Å². The van der Waals surface area contributed by atoms with Crippen molar-refractivity contribution in [3.63, 3.8) is 0 Å². The average Bonchev–Trinajstić information content (AvgIpc) is 1.59. The number of rotatable bonds is 27. The number of anilines is 4. The van der Waals surface area contributed by atoms with Crippen LogP contribution >= 0.6 is 32.7 Å². The van der Waals surface area contributed by atoms with Gasteiger partial charge < -0.3 is 89.1 Å². The molecule has 0 aromatic carbocycles. The fraction of sp³-hybridized carbons (Fsp3) is 0.722. The van der Waals surface area contributed by atoms with Crippen molar-refractivity contribution < 1.29 is 102 Å². The zero-order chi connectivity index (χ0) is 96.9. The van der Waals surface area contributed by atoms with E-state index in [9.17, 15) is 35.9 Å². The second kappa shape index (κ2) is 42.1. The summed E-state index contributed by atoms with van der Waals surface area (Å²) < 4.78 is 138. The third kappa shape index (κ3) is 21.1. The Hall–Kier alpha value is -9.56. The maximum absolute atomic E-state index is 12.9. The lowest BCUT2D eigenvalue weighted by Crippen LogP contribution is -2.46. The van der Waals surface area contributed by atoms with Gasteiger partial charge in [-0.2, -0.15) is 39.9 Å². The van der Waals surface area contributed by atoms with Crippen LogP contribution in [0.2, 0.25) is 0 Å². The summed E-state index contributed by atoms with van der Waals surface area (Å²) >= 11 is 0. The van der Waals surface area contributed by atoms with Gasteiger partial charge >= 0.3 is 24.2 Å². The van der Waals surface area contributed by atoms with Crippen LogP contribution in [-0.2, 0) is 73.3 Å². The van der Waals surface area contributed by atoms with Gasteiger partial charge in [0.05, 0.1) is 111 Å². The van der Waals surface area contributed by atoms with Crippen LogP contribution in [-0.4, -0.2) is 272 Å². The molecule has 15 heterocycles. The molecule has 0 radical (unpaired) electrons. The molecule has 0 aliphatic carbocycles. The van der Waals surface area contributed by atoms with E-state index in [2.05, 4.69) is 178 Å². The van der Waals surface area contributed by atoms with Gasteiger partial charge in [0.15, 0.2) is 78.0 Å². The molecule has 7 aliphatic rings. The first kappa shape index (κ1) is 103. The van der Waals surface area contributed by atoms with E-state index < -0.39 is 147 Å². The van der Waals surface area contributed by atoms with E-state index in [-0.39, 0.29) is 85.0 Å². The molecule has 19 atom stereocenters. The first-order chi connectivity index (χ1) is 62.3. The van der Waals surface area contributed by atoms with Gasteiger partial charge in [0, 0.05) is 43.8 Å². The van der Waals surface area contributed by atoms with Gasteiger partial charge in [0.1, 0.15) is 64.9 Å². The Morgan fingerprint density at radius 3 is 1.06 bits per heavy atom. The summed E-state index contributed by atoms with van der Waals surface area (Å²) in [7, 11) is -4.30. The van der Waals surface area contributed by atoms with E-state index >= 15 is 0 Å². The fourth-order valence-corrected chi connectivity index (χ4v) is 22.9. The van der Waals surface area contributed by atoms with Crippen molar-refractivity contribution in [2.24, 2.45) is 20.5 Å². The number of hydrogen-bond acceptors (Lipinski definition) is 44. The Kier molecular flexibility index (Phi) is 32.9. The van der Waals surface area contributed by atoms with E-state index in [1.165, 1.54) is 65.2 Å². The Bertz CT molecular complexity index is 5480. The lowest BCUT2D eigenvalue weighted by molar-refractivity contribution is -0.0734. The summed E-state index contributed by atoms with van der Waals surface area (Å²) in [5, 5.41) is 35.3. The molecule has 0 spiro atoms. The third-order valence-corrected chi connectivity index (χ3v) is 29.0. The van der Waals surface area contributed by atoms with Gasteiger partial charge in [-0.3, -0.25) is 45.4 Å². The number of aromatic nitrogens is 16. The number of nitrogen functional groups attached to an aromatic ring is 4. The SMILES string of the molecule is CC(C)OP(N(C(C)C)C(C)C)N(C(C)C)C(C)C.COc1nc(N)nc2c1ncn2[C@@H]1O[C@@H]2COP(=O)(OC(C)C)O[C@H]2[C@@]1(C)N=[N+]=[N-].COc1nc(N)nc2c1ncn2[C@@H]1O[C@@H]2COP(=O)(OC(C)C)O[C@H]2[C@@]1(C)N=[N+]=[N-].COc1nc(N)nc2c1ncn2[C@@H]1O[C@@H]2COP(OC(C)C)O[C@H]2[C@@]1(C)N=[N+]=[N-].COc1nc(N)nc2c1ncn2[C@@H]1O[C@H](CO)[C@@H](O)[C@@]1(C)N=[N+]=[N-]. The van der Waals surface area contributed by atoms with Crippen molar-refractivity contribution >= 4 is 101 Å². The zero-order valence-electron chi connectivity index (χ0n) is 77.3. The smallest absolute Gasteiger partial charge is 0.475 e. The highest BCUT2D eigenvalue weighted by Crippen LogP contribution is 2.63. The lowest BCUT2D eigenvalue weighted by Gasteiger charge is -2.46. The minimum Gasteiger partial charge on any atom is -0.479 e. The van der Waals surface area contributed by atoms with Crippen LogP contribution in [0.3, 0.4) is 0 Å². The predicted molar refractivity (Wildman–Crippen MR) is 475 cm³/mol. The van der Waals surface area contributed by atoms with Gasteiger partial charge in [-0.25, -0.2) is 38.4 Å². The van der Waals surface area contributed by atoms with E-state index in [0.717, 1.165) is 0 Å². The zero-order valence-corrected chi connectivity index (χ0v) is 80.8. The van der Waals surface area contributed by atoms with Crippen molar-refractivity contribution in [3.05, 3.63) is 67.1 Å². The molecule has 3 unspecified atom stereocenters. The van der Waals surface area contributed by atoms with Crippen LogP contribution in [0, 0.1) is 0 Å². The first-order valence-electron chi connectivity index (χ1n) is 41.7. The van der Waals surface area contributed by atoms with E-state index in [0.29, 0.717) is 63.2 Å². The first-order valence-corrected chi connectivity index (χ1v) is 46.9. The fourth-order valence-electron chi connectivity index (χ4n) is 15.9. The lowest BCUT2D eigenvalue weighted by atomic mass is 9.93. The van der Waals surface area contributed by atoms with Crippen molar-refractivity contribution in [1.29, 1.82) is 0 Å². The van der Waals surface area contributed by atoms with E-state index in [1.807, 2.05) is 13.8 Å². The molecule has 60 heteroatoms. The Labute approximate surface area is 759 Å². The number of fused-ring (bicyclic) bond motifs is 7. The molecule has 132 heavy (non-hydrogen) atoms. The van der Waals surface area contributed by atoms with Gasteiger partial charge in [-0.05, 0) is 161 Å². The summed E-state index contributed by atoms with van der Waals surface area (Å²) in [5.41, 5.74) is 57.2. The molecule has 56 nitrogen and oxygen atoms in total. The van der Waals surface area contributed by atoms with Crippen molar-refractivity contribution in [3.8, 4) is 23.5 Å². The number of phosphoric ester groups is 2. The van der Waals surface area contributed by atoms with Crippen LogP contribution in [0.1, 0.15) is 163 Å². The maximum atomic E-state index is 12.9. The number of hydrogen-bond donors (Lipinski definition) is 6. The highest BCUT2D eigenvalue weighted by Gasteiger charge is 2.64.